The Bertz CT molecular complexity index is 738. The first-order chi connectivity index (χ1) is 12.2. The van der Waals surface area contributed by atoms with Crippen molar-refractivity contribution in [2.45, 2.75) is 39.0 Å². The molecule has 0 saturated carbocycles. The highest BCUT2D eigenvalue weighted by molar-refractivity contribution is 5.44. The second kappa shape index (κ2) is 7.06. The molecule has 25 heavy (non-hydrogen) atoms. The number of aryl methyl sites for hydroxylation is 2. The first-order valence-corrected chi connectivity index (χ1v) is 8.89. The number of hydrogen-bond donors (Lipinski definition) is 0. The van der Waals surface area contributed by atoms with Crippen LogP contribution < -0.4 is 9.47 Å². The molecule has 1 fully saturated rings. The molecular weight excluding hydrogens is 318 g/mol. The molecule has 1 atom stereocenters. The Balaban J connectivity index is 1.50. The second-order valence-corrected chi connectivity index (χ2v) is 6.91. The van der Waals surface area contributed by atoms with E-state index in [1.165, 1.54) is 11.1 Å². The molecule has 3 heterocycles. The van der Waals surface area contributed by atoms with Gasteiger partial charge in [0.25, 0.3) is 0 Å². The van der Waals surface area contributed by atoms with Crippen molar-refractivity contribution in [1.29, 1.82) is 0 Å². The maximum atomic E-state index is 5.86. The van der Waals surface area contributed by atoms with Crippen LogP contribution in [-0.2, 0) is 24.9 Å². The van der Waals surface area contributed by atoms with Gasteiger partial charge in [0.1, 0.15) is 0 Å². The van der Waals surface area contributed by atoms with Crippen LogP contribution in [0.5, 0.6) is 11.5 Å². The number of aromatic nitrogens is 2. The van der Waals surface area contributed by atoms with Gasteiger partial charge in [-0.1, -0.05) is 6.07 Å². The van der Waals surface area contributed by atoms with Crippen LogP contribution in [0.4, 0.5) is 0 Å². The topological polar surface area (TPSA) is 48.8 Å². The van der Waals surface area contributed by atoms with Crippen molar-refractivity contribution >= 4 is 0 Å². The number of rotatable bonds is 6. The lowest BCUT2D eigenvalue weighted by Crippen LogP contribution is -2.31. The summed E-state index contributed by atoms with van der Waals surface area (Å²) in [5.74, 6) is 1.67. The van der Waals surface area contributed by atoms with Crippen molar-refractivity contribution in [1.82, 2.24) is 14.7 Å². The summed E-state index contributed by atoms with van der Waals surface area (Å²) in [4.78, 5) is 2.44. The second-order valence-electron chi connectivity index (χ2n) is 6.91. The van der Waals surface area contributed by atoms with Gasteiger partial charge in [-0.3, -0.25) is 9.58 Å². The van der Waals surface area contributed by atoms with Crippen molar-refractivity contribution in [3.05, 3.63) is 41.2 Å². The molecular formula is C19H25N3O3. The monoisotopic (exact) mass is 343 g/mol. The fraction of sp³-hybridized carbons (Fsp3) is 0.526. The third kappa shape index (κ3) is 3.80. The zero-order valence-electron chi connectivity index (χ0n) is 14.9. The first-order valence-electron chi connectivity index (χ1n) is 8.89. The standard InChI is InChI=1S/C19H25N3O3/c1-14-16(10-21(2)20-14)11-22(12-17-4-3-7-23-17)9-15-5-6-18-19(8-15)25-13-24-18/h5-6,8,10,17H,3-4,7,9,11-13H2,1-2H3/t17-/m1/s1. The van der Waals surface area contributed by atoms with Gasteiger partial charge >= 0.3 is 0 Å². The Morgan fingerprint density at radius 1 is 1.24 bits per heavy atom. The summed E-state index contributed by atoms with van der Waals surface area (Å²) in [5, 5.41) is 4.47. The molecule has 0 spiro atoms. The molecule has 6 nitrogen and oxygen atoms in total. The van der Waals surface area contributed by atoms with Crippen LogP contribution in [-0.4, -0.2) is 40.7 Å². The van der Waals surface area contributed by atoms with Crippen LogP contribution in [0, 0.1) is 6.92 Å². The van der Waals surface area contributed by atoms with Crippen molar-refractivity contribution in [2.75, 3.05) is 19.9 Å². The van der Waals surface area contributed by atoms with E-state index in [0.717, 1.165) is 56.3 Å². The van der Waals surface area contributed by atoms with E-state index >= 15 is 0 Å². The highest BCUT2D eigenvalue weighted by Gasteiger charge is 2.21. The molecule has 4 rings (SSSR count). The average Bonchev–Trinajstić information content (AvgIpc) is 3.29. The molecule has 0 unspecified atom stereocenters. The minimum Gasteiger partial charge on any atom is -0.454 e. The molecule has 2 aliphatic rings. The zero-order valence-corrected chi connectivity index (χ0v) is 14.9. The third-order valence-corrected chi connectivity index (χ3v) is 4.84. The maximum absolute atomic E-state index is 5.86. The van der Waals surface area contributed by atoms with Gasteiger partial charge in [0.2, 0.25) is 6.79 Å². The fourth-order valence-electron chi connectivity index (χ4n) is 3.60. The molecule has 6 heteroatoms. The summed E-state index contributed by atoms with van der Waals surface area (Å²) in [5.41, 5.74) is 3.58. The van der Waals surface area contributed by atoms with Crippen molar-refractivity contribution in [3.63, 3.8) is 0 Å². The van der Waals surface area contributed by atoms with E-state index in [9.17, 15) is 0 Å². The van der Waals surface area contributed by atoms with Gasteiger partial charge in [0, 0.05) is 45.0 Å². The smallest absolute Gasteiger partial charge is 0.231 e. The van der Waals surface area contributed by atoms with Gasteiger partial charge in [-0.2, -0.15) is 5.10 Å². The van der Waals surface area contributed by atoms with E-state index in [1.807, 2.05) is 17.8 Å². The quantitative estimate of drug-likeness (QED) is 0.807. The average molecular weight is 343 g/mol. The van der Waals surface area contributed by atoms with Crippen molar-refractivity contribution < 1.29 is 14.2 Å². The van der Waals surface area contributed by atoms with E-state index < -0.39 is 0 Å². The Labute approximate surface area is 148 Å². The van der Waals surface area contributed by atoms with Gasteiger partial charge in [-0.05, 0) is 37.5 Å². The molecule has 2 aromatic rings. The lowest BCUT2D eigenvalue weighted by molar-refractivity contribution is 0.0678. The molecule has 0 bridgehead atoms. The zero-order chi connectivity index (χ0) is 17.2. The fourth-order valence-corrected chi connectivity index (χ4v) is 3.60. The Morgan fingerprint density at radius 2 is 2.12 bits per heavy atom. The predicted molar refractivity (Wildman–Crippen MR) is 93.6 cm³/mol. The minimum atomic E-state index is 0.313. The maximum Gasteiger partial charge on any atom is 0.231 e. The summed E-state index contributed by atoms with van der Waals surface area (Å²) in [6.45, 7) is 5.92. The van der Waals surface area contributed by atoms with E-state index in [0.29, 0.717) is 12.9 Å². The highest BCUT2D eigenvalue weighted by Crippen LogP contribution is 2.33. The van der Waals surface area contributed by atoms with Crippen LogP contribution in [0.1, 0.15) is 29.7 Å². The molecule has 0 amide bonds. The highest BCUT2D eigenvalue weighted by atomic mass is 16.7. The normalized spacial score (nSPS) is 19.1. The molecule has 0 N–H and O–H groups in total. The SMILES string of the molecule is Cc1nn(C)cc1CN(Cc1ccc2c(c1)OCO2)C[C@H]1CCCO1. The van der Waals surface area contributed by atoms with Crippen LogP contribution in [0.2, 0.25) is 0 Å². The number of nitrogens with zero attached hydrogens (tertiary/aromatic N) is 3. The predicted octanol–water partition coefficient (Wildman–Crippen LogP) is 2.64. The van der Waals surface area contributed by atoms with E-state index in [-0.39, 0.29) is 0 Å². The Hall–Kier alpha value is -2.05. The van der Waals surface area contributed by atoms with E-state index in [1.54, 1.807) is 0 Å². The van der Waals surface area contributed by atoms with E-state index in [4.69, 9.17) is 14.2 Å². The van der Waals surface area contributed by atoms with Gasteiger partial charge in [0.05, 0.1) is 11.8 Å². The van der Waals surface area contributed by atoms with Gasteiger partial charge in [-0.15, -0.1) is 0 Å². The van der Waals surface area contributed by atoms with Crippen LogP contribution >= 0.6 is 0 Å². The summed E-state index contributed by atoms with van der Waals surface area (Å²) < 4.78 is 18.7. The van der Waals surface area contributed by atoms with Crippen LogP contribution in [0.15, 0.2) is 24.4 Å². The third-order valence-electron chi connectivity index (χ3n) is 4.84. The summed E-state index contributed by atoms with van der Waals surface area (Å²) in [7, 11) is 1.97. The summed E-state index contributed by atoms with van der Waals surface area (Å²) in [6, 6.07) is 6.20. The van der Waals surface area contributed by atoms with Crippen molar-refractivity contribution in [2.24, 2.45) is 7.05 Å². The first kappa shape index (κ1) is 16.4. The Morgan fingerprint density at radius 3 is 2.88 bits per heavy atom. The van der Waals surface area contributed by atoms with Crippen LogP contribution in [0.3, 0.4) is 0 Å². The number of benzene rings is 1. The molecule has 0 radical (unpaired) electrons. The lowest BCUT2D eigenvalue weighted by atomic mass is 10.1. The number of ether oxygens (including phenoxy) is 3. The molecule has 2 aliphatic heterocycles. The molecule has 1 saturated heterocycles. The molecule has 1 aromatic carbocycles. The summed E-state index contributed by atoms with van der Waals surface area (Å²) in [6.07, 6.45) is 4.74. The van der Waals surface area contributed by atoms with Crippen LogP contribution in [0.25, 0.3) is 0 Å². The summed E-state index contributed by atoms with van der Waals surface area (Å²) >= 11 is 0. The van der Waals surface area contributed by atoms with Gasteiger partial charge in [-0.25, -0.2) is 0 Å². The Kier molecular flexibility index (Phi) is 4.63. The largest absolute Gasteiger partial charge is 0.454 e. The number of fused-ring (bicyclic) bond motifs is 1. The van der Waals surface area contributed by atoms with Crippen molar-refractivity contribution in [3.8, 4) is 11.5 Å². The van der Waals surface area contributed by atoms with Gasteiger partial charge < -0.3 is 14.2 Å². The number of hydrogen-bond acceptors (Lipinski definition) is 5. The lowest BCUT2D eigenvalue weighted by Gasteiger charge is -2.25. The minimum absolute atomic E-state index is 0.313. The van der Waals surface area contributed by atoms with E-state index in [2.05, 4.69) is 35.3 Å². The molecule has 134 valence electrons. The van der Waals surface area contributed by atoms with Gasteiger partial charge in [0.15, 0.2) is 11.5 Å². The molecule has 0 aliphatic carbocycles. The molecule has 1 aromatic heterocycles.